The lowest BCUT2D eigenvalue weighted by Crippen LogP contribution is -2.39. The molecule has 0 atom stereocenters. The SMILES string of the molecule is COCCN(C(C)C)S(=O)(=O)c1scnc1C(=O)O. The Morgan fingerprint density at radius 3 is 2.68 bits per heavy atom. The van der Waals surface area contributed by atoms with E-state index in [0.29, 0.717) is 0 Å². The zero-order valence-corrected chi connectivity index (χ0v) is 12.5. The van der Waals surface area contributed by atoms with E-state index in [0.717, 1.165) is 11.3 Å². The average molecular weight is 308 g/mol. The van der Waals surface area contributed by atoms with Crippen LogP contribution in [0.3, 0.4) is 0 Å². The second kappa shape index (κ2) is 6.42. The molecule has 0 amide bonds. The Bertz CT molecular complexity index is 538. The van der Waals surface area contributed by atoms with E-state index in [1.807, 2.05) is 0 Å². The molecule has 7 nitrogen and oxygen atoms in total. The molecule has 1 N–H and O–H groups in total. The minimum absolute atomic E-state index is 0.160. The molecule has 0 spiro atoms. The maximum atomic E-state index is 12.4. The van der Waals surface area contributed by atoms with E-state index < -0.39 is 21.7 Å². The first-order valence-corrected chi connectivity index (χ1v) is 7.82. The van der Waals surface area contributed by atoms with Gasteiger partial charge in [0.2, 0.25) is 0 Å². The van der Waals surface area contributed by atoms with Crippen LogP contribution < -0.4 is 0 Å². The van der Waals surface area contributed by atoms with Crippen molar-refractivity contribution in [2.75, 3.05) is 20.3 Å². The molecule has 0 saturated heterocycles. The fourth-order valence-corrected chi connectivity index (χ4v) is 4.38. The largest absolute Gasteiger partial charge is 0.476 e. The van der Waals surface area contributed by atoms with Crippen LogP contribution in [0.25, 0.3) is 0 Å². The van der Waals surface area contributed by atoms with Gasteiger partial charge in [-0.15, -0.1) is 11.3 Å². The third kappa shape index (κ3) is 3.50. The first-order chi connectivity index (χ1) is 8.82. The van der Waals surface area contributed by atoms with Gasteiger partial charge in [0, 0.05) is 19.7 Å². The number of ether oxygens (including phenoxy) is 1. The van der Waals surface area contributed by atoms with Gasteiger partial charge < -0.3 is 9.84 Å². The van der Waals surface area contributed by atoms with Crippen molar-refractivity contribution < 1.29 is 23.1 Å². The second-order valence-electron chi connectivity index (χ2n) is 4.00. The van der Waals surface area contributed by atoms with Crippen molar-refractivity contribution in [2.45, 2.75) is 24.1 Å². The summed E-state index contributed by atoms with van der Waals surface area (Å²) < 4.78 is 30.7. The predicted molar refractivity (Wildman–Crippen MR) is 70.0 cm³/mol. The van der Waals surface area contributed by atoms with E-state index in [-0.39, 0.29) is 23.4 Å². The lowest BCUT2D eigenvalue weighted by Gasteiger charge is -2.24. The fourth-order valence-electron chi connectivity index (χ4n) is 1.50. The van der Waals surface area contributed by atoms with Crippen molar-refractivity contribution in [1.82, 2.24) is 9.29 Å². The molecule has 9 heteroatoms. The van der Waals surface area contributed by atoms with Gasteiger partial charge >= 0.3 is 5.97 Å². The third-order valence-electron chi connectivity index (χ3n) is 2.37. The van der Waals surface area contributed by atoms with E-state index in [1.54, 1.807) is 13.8 Å². The summed E-state index contributed by atoms with van der Waals surface area (Å²) in [5, 5.41) is 8.95. The Morgan fingerprint density at radius 2 is 2.21 bits per heavy atom. The third-order valence-corrected chi connectivity index (χ3v) is 5.79. The molecule has 0 aromatic carbocycles. The highest BCUT2D eigenvalue weighted by Crippen LogP contribution is 2.25. The summed E-state index contributed by atoms with van der Waals surface area (Å²) in [6, 6.07) is -0.302. The smallest absolute Gasteiger partial charge is 0.356 e. The van der Waals surface area contributed by atoms with Crippen LogP contribution in [0.1, 0.15) is 24.3 Å². The van der Waals surface area contributed by atoms with Crippen molar-refractivity contribution in [3.05, 3.63) is 11.2 Å². The van der Waals surface area contributed by atoms with Crippen LogP contribution in [0.5, 0.6) is 0 Å². The van der Waals surface area contributed by atoms with Gasteiger partial charge in [0.1, 0.15) is 0 Å². The van der Waals surface area contributed by atoms with Crippen LogP contribution in [0.15, 0.2) is 9.72 Å². The Balaban J connectivity index is 3.19. The summed E-state index contributed by atoms with van der Waals surface area (Å²) in [6.45, 7) is 3.83. The highest BCUT2D eigenvalue weighted by atomic mass is 32.2. The molecule has 1 aromatic rings. The summed E-state index contributed by atoms with van der Waals surface area (Å²) in [7, 11) is -2.40. The number of thiazole rings is 1. The van der Waals surface area contributed by atoms with Gasteiger partial charge in [0.15, 0.2) is 9.90 Å². The van der Waals surface area contributed by atoms with Gasteiger partial charge in [-0.1, -0.05) is 0 Å². The number of rotatable bonds is 7. The van der Waals surface area contributed by atoms with Crippen molar-refractivity contribution >= 4 is 27.3 Å². The van der Waals surface area contributed by atoms with Gasteiger partial charge in [-0.2, -0.15) is 4.31 Å². The molecule has 0 unspecified atom stereocenters. The van der Waals surface area contributed by atoms with Crippen LogP contribution in [-0.4, -0.2) is 55.1 Å². The van der Waals surface area contributed by atoms with E-state index >= 15 is 0 Å². The number of aromatic carboxylic acids is 1. The summed E-state index contributed by atoms with van der Waals surface area (Å²) in [5.74, 6) is -1.35. The highest BCUT2D eigenvalue weighted by Gasteiger charge is 2.32. The quantitative estimate of drug-likeness (QED) is 0.803. The van der Waals surface area contributed by atoms with E-state index in [9.17, 15) is 13.2 Å². The molecule has 1 rings (SSSR count). The predicted octanol–water partition coefficient (Wildman–Crippen LogP) is 0.887. The van der Waals surface area contributed by atoms with Crippen LogP contribution in [0, 0.1) is 0 Å². The first-order valence-electron chi connectivity index (χ1n) is 5.50. The van der Waals surface area contributed by atoms with Crippen molar-refractivity contribution in [2.24, 2.45) is 0 Å². The van der Waals surface area contributed by atoms with Crippen LogP contribution in [0.2, 0.25) is 0 Å². The first kappa shape index (κ1) is 16.0. The molecule has 108 valence electrons. The highest BCUT2D eigenvalue weighted by molar-refractivity contribution is 7.91. The van der Waals surface area contributed by atoms with E-state index in [2.05, 4.69) is 4.98 Å². The Hall–Kier alpha value is -1.03. The molecule has 0 aliphatic rings. The normalized spacial score (nSPS) is 12.3. The van der Waals surface area contributed by atoms with Crippen LogP contribution in [-0.2, 0) is 14.8 Å². The second-order valence-corrected chi connectivity index (χ2v) is 6.94. The molecule has 0 aliphatic heterocycles. The number of nitrogens with zero attached hydrogens (tertiary/aromatic N) is 2. The van der Waals surface area contributed by atoms with Gasteiger partial charge in [0.05, 0.1) is 12.1 Å². The van der Waals surface area contributed by atoms with Gasteiger partial charge in [-0.25, -0.2) is 18.2 Å². The lowest BCUT2D eigenvalue weighted by atomic mass is 10.4. The van der Waals surface area contributed by atoms with Crippen LogP contribution >= 0.6 is 11.3 Å². The standard InChI is InChI=1S/C10H16N2O5S2/c1-7(2)12(4-5-17-3)19(15,16)10-8(9(13)14)11-6-18-10/h6-7H,4-5H2,1-3H3,(H,13,14). The number of carbonyl (C=O) groups is 1. The number of carboxylic acid groups (broad SMARTS) is 1. The minimum Gasteiger partial charge on any atom is -0.476 e. The molecule has 0 radical (unpaired) electrons. The molecule has 1 heterocycles. The summed E-state index contributed by atoms with van der Waals surface area (Å²) in [5.41, 5.74) is 0.776. The number of hydrogen-bond donors (Lipinski definition) is 1. The summed E-state index contributed by atoms with van der Waals surface area (Å²) in [6.07, 6.45) is 0. The molecule has 19 heavy (non-hydrogen) atoms. The molecule has 0 saturated carbocycles. The number of aromatic nitrogens is 1. The molecule has 1 aromatic heterocycles. The molecule has 0 aliphatic carbocycles. The fraction of sp³-hybridized carbons (Fsp3) is 0.600. The van der Waals surface area contributed by atoms with Crippen molar-refractivity contribution in [3.8, 4) is 0 Å². The Morgan fingerprint density at radius 1 is 1.58 bits per heavy atom. The van der Waals surface area contributed by atoms with Crippen LogP contribution in [0.4, 0.5) is 0 Å². The minimum atomic E-state index is -3.88. The number of sulfonamides is 1. The monoisotopic (exact) mass is 308 g/mol. The Kier molecular flexibility index (Phi) is 5.41. The van der Waals surface area contributed by atoms with Gasteiger partial charge in [-0.05, 0) is 13.8 Å². The van der Waals surface area contributed by atoms with E-state index in [4.69, 9.17) is 9.84 Å². The summed E-state index contributed by atoms with van der Waals surface area (Å²) in [4.78, 5) is 14.6. The topological polar surface area (TPSA) is 96.8 Å². The number of hydrogen-bond acceptors (Lipinski definition) is 6. The maximum Gasteiger partial charge on any atom is 0.356 e. The zero-order chi connectivity index (χ0) is 14.6. The molecular weight excluding hydrogens is 292 g/mol. The van der Waals surface area contributed by atoms with Crippen molar-refractivity contribution in [3.63, 3.8) is 0 Å². The molecule has 0 fully saturated rings. The maximum absolute atomic E-state index is 12.4. The summed E-state index contributed by atoms with van der Waals surface area (Å²) >= 11 is 0.802. The molecular formula is C10H16N2O5S2. The zero-order valence-electron chi connectivity index (χ0n) is 10.9. The van der Waals surface area contributed by atoms with Crippen molar-refractivity contribution in [1.29, 1.82) is 0 Å². The van der Waals surface area contributed by atoms with Gasteiger partial charge in [-0.3, -0.25) is 0 Å². The number of carboxylic acids is 1. The molecule has 0 bridgehead atoms. The van der Waals surface area contributed by atoms with Gasteiger partial charge in [0.25, 0.3) is 10.0 Å². The Labute approximate surface area is 115 Å². The average Bonchev–Trinajstić information content (AvgIpc) is 2.78. The lowest BCUT2D eigenvalue weighted by molar-refractivity contribution is 0.0687. The van der Waals surface area contributed by atoms with E-state index in [1.165, 1.54) is 16.9 Å². The number of methoxy groups -OCH3 is 1.